The van der Waals surface area contributed by atoms with Crippen molar-refractivity contribution in [2.24, 2.45) is 0 Å². The minimum Gasteiger partial charge on any atom is -0.397 e. The maximum Gasteiger partial charge on any atom is 0.255 e. The van der Waals surface area contributed by atoms with Gasteiger partial charge in [0.05, 0.1) is 18.0 Å². The number of nitrogen functional groups attached to an aromatic ring is 1. The highest BCUT2D eigenvalue weighted by Crippen LogP contribution is 2.28. The van der Waals surface area contributed by atoms with Gasteiger partial charge in [0.1, 0.15) is 0 Å². The van der Waals surface area contributed by atoms with E-state index >= 15 is 0 Å². The first-order valence-corrected chi connectivity index (χ1v) is 13.7. The second kappa shape index (κ2) is 13.0. The number of likely N-dealkylation sites (tertiary alicyclic amines) is 1. The number of hydrogen-bond acceptors (Lipinski definition) is 5. The molecular weight excluding hydrogens is 498 g/mol. The lowest BCUT2D eigenvalue weighted by molar-refractivity contribution is -0.109. The van der Waals surface area contributed by atoms with Crippen molar-refractivity contribution in [3.63, 3.8) is 0 Å². The van der Waals surface area contributed by atoms with Crippen LogP contribution < -0.4 is 21.3 Å². The summed E-state index contributed by atoms with van der Waals surface area (Å²) in [5.74, 6) is -0.186. The molecule has 204 valence electrons. The summed E-state index contributed by atoms with van der Waals surface area (Å²) in [4.78, 5) is 28.7. The smallest absolute Gasteiger partial charge is 0.255 e. The van der Waals surface area contributed by atoms with Crippen molar-refractivity contribution in [3.8, 4) is 11.1 Å². The largest absolute Gasteiger partial charge is 0.397 e. The molecule has 1 aliphatic heterocycles. The number of nitrogens with one attached hydrogen (secondary N) is 2. The highest BCUT2D eigenvalue weighted by molar-refractivity contribution is 6.06. The number of nitrogens with two attached hydrogens (primary N) is 1. The third-order valence-electron chi connectivity index (χ3n) is 7.46. The van der Waals surface area contributed by atoms with E-state index in [0.29, 0.717) is 29.6 Å². The molecule has 7 heteroatoms. The Bertz CT molecular complexity index is 1400. The van der Waals surface area contributed by atoms with Crippen molar-refractivity contribution in [2.75, 3.05) is 35.7 Å². The van der Waals surface area contributed by atoms with Crippen molar-refractivity contribution in [1.29, 1.82) is 0 Å². The van der Waals surface area contributed by atoms with Crippen LogP contribution in [0.5, 0.6) is 0 Å². The van der Waals surface area contributed by atoms with Crippen LogP contribution in [0, 0.1) is 0 Å². The fourth-order valence-electron chi connectivity index (χ4n) is 5.26. The first kappa shape index (κ1) is 27.0. The zero-order valence-corrected chi connectivity index (χ0v) is 22.5. The summed E-state index contributed by atoms with van der Waals surface area (Å²) in [5, 5.41) is 5.81. The van der Waals surface area contributed by atoms with E-state index in [1.807, 2.05) is 91.0 Å². The average Bonchev–Trinajstić information content (AvgIpc) is 3.00. The summed E-state index contributed by atoms with van der Waals surface area (Å²) in [7, 11) is 0. The second-order valence-corrected chi connectivity index (χ2v) is 10.1. The van der Waals surface area contributed by atoms with Gasteiger partial charge in [-0.05, 0) is 65.9 Å². The fraction of sp³-hybridized carbons (Fsp3) is 0.212. The zero-order chi connectivity index (χ0) is 27.7. The van der Waals surface area contributed by atoms with Gasteiger partial charge >= 0.3 is 0 Å². The van der Waals surface area contributed by atoms with Gasteiger partial charge in [0.2, 0.25) is 6.41 Å². The monoisotopic (exact) mass is 533 g/mol. The van der Waals surface area contributed by atoms with Crippen molar-refractivity contribution < 1.29 is 9.59 Å². The van der Waals surface area contributed by atoms with Gasteiger partial charge in [0, 0.05) is 36.9 Å². The molecule has 1 fully saturated rings. The number of carbonyl (C=O) groups excluding carboxylic acids is 2. The van der Waals surface area contributed by atoms with Crippen LogP contribution >= 0.6 is 0 Å². The topological polar surface area (TPSA) is 90.7 Å². The second-order valence-electron chi connectivity index (χ2n) is 10.1. The maximum atomic E-state index is 13.0. The Morgan fingerprint density at radius 1 is 0.875 bits per heavy atom. The lowest BCUT2D eigenvalue weighted by Gasteiger charge is -2.39. The Morgan fingerprint density at radius 3 is 2.23 bits per heavy atom. The van der Waals surface area contributed by atoms with E-state index in [4.69, 9.17) is 5.73 Å². The van der Waals surface area contributed by atoms with E-state index in [0.717, 1.165) is 55.7 Å². The molecule has 4 aromatic rings. The van der Waals surface area contributed by atoms with Gasteiger partial charge in [0.15, 0.2) is 0 Å². The van der Waals surface area contributed by atoms with Gasteiger partial charge in [-0.1, -0.05) is 66.7 Å². The molecule has 1 aliphatic rings. The highest BCUT2D eigenvalue weighted by Gasteiger charge is 2.25. The number of rotatable bonds is 10. The number of amides is 2. The summed E-state index contributed by atoms with van der Waals surface area (Å²) in [6.07, 6.45) is 2.78. The van der Waals surface area contributed by atoms with Gasteiger partial charge in [-0.3, -0.25) is 14.5 Å². The maximum absolute atomic E-state index is 13.0. The van der Waals surface area contributed by atoms with Crippen LogP contribution in [0.4, 0.5) is 17.1 Å². The molecule has 0 spiro atoms. The Labute approximate surface area is 235 Å². The van der Waals surface area contributed by atoms with Gasteiger partial charge in [0.25, 0.3) is 5.91 Å². The Kier molecular flexibility index (Phi) is 8.73. The third kappa shape index (κ3) is 6.68. The molecule has 4 N–H and O–H groups in total. The molecule has 40 heavy (non-hydrogen) atoms. The first-order valence-electron chi connectivity index (χ1n) is 13.7. The molecule has 2 amide bonds. The third-order valence-corrected chi connectivity index (χ3v) is 7.46. The van der Waals surface area contributed by atoms with Crippen LogP contribution in [0.25, 0.3) is 11.1 Å². The minimum atomic E-state index is -0.186. The van der Waals surface area contributed by atoms with E-state index in [1.165, 1.54) is 5.56 Å². The SMILES string of the molecule is Nc1ccc(-c2ccccc2)cc1NC(=O)c1ccc(CN2CCC(N(CNC=O)c3ccccc3)CC2)cc1. The first-order chi connectivity index (χ1) is 19.6. The molecule has 0 saturated carbocycles. The Balaban J connectivity index is 1.16. The fourth-order valence-corrected chi connectivity index (χ4v) is 5.26. The van der Waals surface area contributed by atoms with E-state index in [9.17, 15) is 9.59 Å². The number of piperidine rings is 1. The zero-order valence-electron chi connectivity index (χ0n) is 22.5. The lowest BCUT2D eigenvalue weighted by Crippen LogP contribution is -2.47. The number of para-hydroxylation sites is 1. The summed E-state index contributed by atoms with van der Waals surface area (Å²) < 4.78 is 0. The van der Waals surface area contributed by atoms with Crippen LogP contribution in [0.15, 0.2) is 103 Å². The summed E-state index contributed by atoms with van der Waals surface area (Å²) in [5.41, 5.74) is 12.2. The van der Waals surface area contributed by atoms with Crippen molar-refractivity contribution >= 4 is 29.4 Å². The van der Waals surface area contributed by atoms with Crippen LogP contribution in [-0.2, 0) is 11.3 Å². The molecular formula is C33H35N5O2. The summed E-state index contributed by atoms with van der Waals surface area (Å²) >= 11 is 0. The van der Waals surface area contributed by atoms with Crippen LogP contribution in [0.1, 0.15) is 28.8 Å². The van der Waals surface area contributed by atoms with E-state index < -0.39 is 0 Å². The average molecular weight is 534 g/mol. The number of benzene rings is 4. The van der Waals surface area contributed by atoms with Crippen molar-refractivity contribution in [1.82, 2.24) is 10.2 Å². The number of anilines is 3. The van der Waals surface area contributed by atoms with Gasteiger partial charge in [-0.2, -0.15) is 0 Å². The molecule has 0 bridgehead atoms. The molecule has 7 nitrogen and oxygen atoms in total. The van der Waals surface area contributed by atoms with Gasteiger partial charge in [-0.25, -0.2) is 0 Å². The molecule has 1 saturated heterocycles. The number of carbonyl (C=O) groups is 2. The Morgan fingerprint density at radius 2 is 1.55 bits per heavy atom. The molecule has 1 heterocycles. The normalized spacial score (nSPS) is 13.9. The van der Waals surface area contributed by atoms with Crippen LogP contribution in [0.3, 0.4) is 0 Å². The molecule has 5 rings (SSSR count). The lowest BCUT2D eigenvalue weighted by atomic mass is 10.0. The summed E-state index contributed by atoms with van der Waals surface area (Å²) in [6.45, 7) is 3.27. The van der Waals surface area contributed by atoms with Gasteiger partial charge < -0.3 is 21.3 Å². The number of nitrogens with zero attached hydrogens (tertiary/aromatic N) is 2. The molecule has 0 aliphatic carbocycles. The van der Waals surface area contributed by atoms with Crippen molar-refractivity contribution in [2.45, 2.75) is 25.4 Å². The molecule has 4 aromatic carbocycles. The van der Waals surface area contributed by atoms with Crippen LogP contribution in [-0.4, -0.2) is 43.0 Å². The number of hydrogen-bond donors (Lipinski definition) is 3. The van der Waals surface area contributed by atoms with Crippen LogP contribution in [0.2, 0.25) is 0 Å². The molecule has 0 unspecified atom stereocenters. The standard InChI is InChI=1S/C33H35N5O2/c34-31-16-15-28(26-7-3-1-4-8-26)21-32(31)36-33(40)27-13-11-25(12-14-27)22-37-19-17-30(18-20-37)38(23-35-24-39)29-9-5-2-6-10-29/h1-16,21,24,30H,17-20,22-23,34H2,(H,35,39)(H,36,40). The van der Waals surface area contributed by atoms with E-state index in [2.05, 4.69) is 32.6 Å². The quantitative estimate of drug-likeness (QED) is 0.145. The van der Waals surface area contributed by atoms with Crippen molar-refractivity contribution in [3.05, 3.63) is 114 Å². The van der Waals surface area contributed by atoms with E-state index in [-0.39, 0.29) is 5.91 Å². The van der Waals surface area contributed by atoms with E-state index in [1.54, 1.807) is 0 Å². The summed E-state index contributed by atoms with van der Waals surface area (Å²) in [6, 6.07) is 34.1. The molecule has 0 aromatic heterocycles. The predicted octanol–water partition coefficient (Wildman–Crippen LogP) is 5.36. The molecule has 0 atom stereocenters. The predicted molar refractivity (Wildman–Crippen MR) is 162 cm³/mol. The minimum absolute atomic E-state index is 0.186. The van der Waals surface area contributed by atoms with Gasteiger partial charge in [-0.15, -0.1) is 0 Å². The highest BCUT2D eigenvalue weighted by atomic mass is 16.1. The molecule has 0 radical (unpaired) electrons. The Hall–Kier alpha value is -4.62.